The van der Waals surface area contributed by atoms with E-state index in [1.165, 1.54) is 12.6 Å². The molecule has 0 spiro atoms. The summed E-state index contributed by atoms with van der Waals surface area (Å²) in [7, 11) is 1.38. The number of para-hydroxylation sites is 2. The van der Waals surface area contributed by atoms with Gasteiger partial charge >= 0.3 is 0 Å². The molecule has 0 bridgehead atoms. The Morgan fingerprint density at radius 3 is 1.53 bits per heavy atom. The monoisotopic (exact) mass is 1020 g/mol. The zero-order valence-electron chi connectivity index (χ0n) is 42.8. The lowest BCUT2D eigenvalue weighted by molar-refractivity contribution is -0.144. The van der Waals surface area contributed by atoms with Crippen molar-refractivity contribution in [3.63, 3.8) is 0 Å². The maximum atomic E-state index is 14.5. The first-order chi connectivity index (χ1) is 36.2. The minimum Gasteiger partial charge on any atom is -0.393 e. The molecule has 75 heavy (non-hydrogen) atoms. The van der Waals surface area contributed by atoms with Gasteiger partial charge in [-0.1, -0.05) is 134 Å². The number of aromatic nitrogens is 2. The highest BCUT2D eigenvalue weighted by atomic mass is 16.3. The van der Waals surface area contributed by atoms with Crippen molar-refractivity contribution in [3.05, 3.63) is 180 Å². The van der Waals surface area contributed by atoms with Crippen LogP contribution in [0.1, 0.15) is 73.3 Å². The van der Waals surface area contributed by atoms with Crippen molar-refractivity contribution in [3.8, 4) is 0 Å². The van der Waals surface area contributed by atoms with Crippen LogP contribution in [0.3, 0.4) is 0 Å². The number of rotatable bonds is 26. The second-order valence-electron chi connectivity index (χ2n) is 19.4. The SMILES string of the molecule is CC(O)Cc1ccccc1.CN(NC(=O)[C@H](CC(=O)[C@@H](O)Cc1ccccc1)Cc1c[nH]c2ccccc12)C(=O)C[C@@H](Cc1c[nH]c2ccccc12)C(=O)N[C@H](Cc1ccccc1)C(=O)C[C@@H](CCCCN)C(N)=O. The Labute approximate surface area is 438 Å². The van der Waals surface area contributed by atoms with Gasteiger partial charge in [0.2, 0.25) is 23.6 Å². The standard InChI is InChI=1S/C51H59N7O7.C9H12O/c1-58(57-51(65)36(26-38-31-54-42-21-10-8-19-40(38)42)29-47(61)46(60)25-34-16-6-3-7-17-34)48(62)30-37(27-39-32-55-43-22-11-9-20-41(39)43)50(64)56-44(24-33-14-4-2-5-15-33)45(59)28-35(49(53)63)18-12-13-23-52;1-8(10)7-9-5-3-2-4-6-9/h2-11,14-17,19-22,31-32,35-37,44,46,54-55,60H,12-13,18,23-30,52H2,1H3,(H2,53,63)(H,56,64)(H,57,65);2-6,8,10H,7H2,1H3/t35-,36+,37-,44-,46+;/m1./s1. The first kappa shape index (κ1) is 56.6. The molecule has 0 saturated carbocycles. The molecule has 6 atom stereocenters. The first-order valence-corrected chi connectivity index (χ1v) is 25.7. The topological polar surface area (TPSA) is 254 Å². The minimum atomic E-state index is -1.35. The van der Waals surface area contributed by atoms with E-state index in [4.69, 9.17) is 16.6 Å². The molecule has 0 radical (unpaired) electrons. The first-order valence-electron chi connectivity index (χ1n) is 25.7. The van der Waals surface area contributed by atoms with Crippen LogP contribution in [-0.2, 0) is 60.9 Å². The highest BCUT2D eigenvalue weighted by Gasteiger charge is 2.33. The van der Waals surface area contributed by atoms with Crippen molar-refractivity contribution < 1.29 is 39.0 Å². The lowest BCUT2D eigenvalue weighted by atomic mass is 9.89. The number of nitrogens with two attached hydrogens (primary N) is 2. The number of primary amides is 1. The zero-order chi connectivity index (χ0) is 53.7. The molecule has 5 aromatic carbocycles. The number of carbonyl (C=O) groups excluding carboxylic acids is 6. The fourth-order valence-corrected chi connectivity index (χ4v) is 9.25. The Kier molecular flexibility index (Phi) is 21.6. The number of H-pyrrole nitrogens is 2. The number of Topliss-reactive ketones (excluding diaryl/α,β-unsaturated/α-hetero) is 2. The second-order valence-corrected chi connectivity index (χ2v) is 19.4. The van der Waals surface area contributed by atoms with Gasteiger partial charge in [0.1, 0.15) is 6.10 Å². The molecule has 0 aliphatic carbocycles. The molecule has 7 rings (SSSR count). The summed E-state index contributed by atoms with van der Waals surface area (Å²) in [5.41, 5.74) is 20.1. The van der Waals surface area contributed by atoms with E-state index in [0.717, 1.165) is 55.5 Å². The third-order valence-corrected chi connectivity index (χ3v) is 13.4. The number of benzene rings is 5. The van der Waals surface area contributed by atoms with Crippen LogP contribution in [0.25, 0.3) is 21.8 Å². The molecule has 15 heteroatoms. The van der Waals surface area contributed by atoms with E-state index >= 15 is 0 Å². The molecule has 15 nitrogen and oxygen atoms in total. The molecule has 394 valence electrons. The van der Waals surface area contributed by atoms with Crippen molar-refractivity contribution in [1.29, 1.82) is 0 Å². The van der Waals surface area contributed by atoms with Crippen LogP contribution in [0.2, 0.25) is 0 Å². The van der Waals surface area contributed by atoms with Crippen molar-refractivity contribution in [2.24, 2.45) is 29.2 Å². The number of carbonyl (C=O) groups is 6. The van der Waals surface area contributed by atoms with Crippen LogP contribution in [0.5, 0.6) is 0 Å². The molecule has 0 fully saturated rings. The van der Waals surface area contributed by atoms with E-state index in [1.54, 1.807) is 19.3 Å². The van der Waals surface area contributed by atoms with Gasteiger partial charge in [-0.3, -0.25) is 39.2 Å². The Hall–Kier alpha value is -7.72. The average Bonchev–Trinajstić information content (AvgIpc) is 4.02. The van der Waals surface area contributed by atoms with Gasteiger partial charge in [0.05, 0.1) is 24.0 Å². The molecule has 2 aromatic heterocycles. The van der Waals surface area contributed by atoms with Crippen LogP contribution < -0.4 is 22.2 Å². The number of hydrogen-bond acceptors (Lipinski definition) is 9. The van der Waals surface area contributed by atoms with Crippen molar-refractivity contribution in [2.45, 2.75) is 95.8 Å². The van der Waals surface area contributed by atoms with Crippen molar-refractivity contribution in [1.82, 2.24) is 25.7 Å². The smallest absolute Gasteiger partial charge is 0.242 e. The third-order valence-electron chi connectivity index (χ3n) is 13.4. The van der Waals surface area contributed by atoms with Crippen LogP contribution in [-0.4, -0.2) is 92.2 Å². The van der Waals surface area contributed by atoms with Gasteiger partial charge < -0.3 is 37.0 Å². The highest BCUT2D eigenvalue weighted by Crippen LogP contribution is 2.26. The van der Waals surface area contributed by atoms with Gasteiger partial charge in [-0.25, -0.2) is 0 Å². The number of fused-ring (bicyclic) bond motifs is 2. The Balaban J connectivity index is 0.000000818. The van der Waals surface area contributed by atoms with E-state index in [9.17, 15) is 33.9 Å². The molecular formula is C60H71N7O8. The van der Waals surface area contributed by atoms with Gasteiger partial charge in [-0.15, -0.1) is 0 Å². The number of amides is 4. The molecule has 0 saturated heterocycles. The Morgan fingerprint density at radius 1 is 0.560 bits per heavy atom. The molecule has 0 aliphatic rings. The Morgan fingerprint density at radius 2 is 1.03 bits per heavy atom. The van der Waals surface area contributed by atoms with Gasteiger partial charge in [0.25, 0.3) is 0 Å². The van der Waals surface area contributed by atoms with E-state index in [0.29, 0.717) is 25.8 Å². The van der Waals surface area contributed by atoms with E-state index in [1.807, 2.05) is 140 Å². The summed E-state index contributed by atoms with van der Waals surface area (Å²) < 4.78 is 0. The summed E-state index contributed by atoms with van der Waals surface area (Å²) in [6, 6.07) is 42.4. The predicted octanol–water partition coefficient (Wildman–Crippen LogP) is 6.64. The number of hydrazine groups is 1. The molecular weight excluding hydrogens is 947 g/mol. The normalized spacial score (nSPS) is 13.6. The zero-order valence-corrected chi connectivity index (χ0v) is 42.8. The lowest BCUT2D eigenvalue weighted by Crippen LogP contribution is -2.49. The molecule has 1 unspecified atom stereocenters. The summed E-state index contributed by atoms with van der Waals surface area (Å²) in [6.07, 6.45) is 4.01. The molecule has 4 amide bonds. The molecule has 10 N–H and O–H groups in total. The number of aromatic amines is 2. The Bertz CT molecular complexity index is 2940. The fourth-order valence-electron chi connectivity index (χ4n) is 9.25. The summed E-state index contributed by atoms with van der Waals surface area (Å²) >= 11 is 0. The van der Waals surface area contributed by atoms with E-state index < -0.39 is 59.3 Å². The molecule has 2 heterocycles. The van der Waals surface area contributed by atoms with E-state index in [2.05, 4.69) is 20.7 Å². The number of nitrogens with zero attached hydrogens (tertiary/aromatic N) is 1. The maximum Gasteiger partial charge on any atom is 0.242 e. The van der Waals surface area contributed by atoms with Crippen molar-refractivity contribution >= 4 is 57.0 Å². The fraction of sp³-hybridized carbons (Fsp3) is 0.333. The summed E-state index contributed by atoms with van der Waals surface area (Å²) in [5, 5.41) is 25.6. The third kappa shape index (κ3) is 17.4. The van der Waals surface area contributed by atoms with Gasteiger partial charge in [0.15, 0.2) is 11.6 Å². The van der Waals surface area contributed by atoms with Crippen LogP contribution in [0.15, 0.2) is 152 Å². The quantitative estimate of drug-likeness (QED) is 0.0214. The van der Waals surface area contributed by atoms with Gasteiger partial charge in [0, 0.05) is 72.8 Å². The molecule has 0 aliphatic heterocycles. The van der Waals surface area contributed by atoms with Crippen molar-refractivity contribution in [2.75, 3.05) is 13.6 Å². The average molecular weight is 1020 g/mol. The molecule has 7 aromatic rings. The largest absolute Gasteiger partial charge is 0.393 e. The predicted molar refractivity (Wildman–Crippen MR) is 291 cm³/mol. The minimum absolute atomic E-state index is 0.0810. The summed E-state index contributed by atoms with van der Waals surface area (Å²) in [5.74, 6) is -6.01. The number of ketones is 2. The lowest BCUT2D eigenvalue weighted by Gasteiger charge is -2.26. The number of aliphatic hydroxyl groups is 2. The number of aliphatic hydroxyl groups excluding tert-OH is 2. The van der Waals surface area contributed by atoms with Crippen LogP contribution in [0.4, 0.5) is 0 Å². The summed E-state index contributed by atoms with van der Waals surface area (Å²) in [6.45, 7) is 2.24. The van der Waals surface area contributed by atoms with Crippen LogP contribution >= 0.6 is 0 Å². The maximum absolute atomic E-state index is 14.5. The number of unbranched alkanes of at least 4 members (excludes halogenated alkanes) is 1. The number of hydrogen-bond donors (Lipinski definition) is 8. The van der Waals surface area contributed by atoms with Crippen LogP contribution in [0, 0.1) is 17.8 Å². The highest BCUT2D eigenvalue weighted by molar-refractivity contribution is 5.95. The van der Waals surface area contributed by atoms with E-state index in [-0.39, 0.29) is 56.8 Å². The number of nitrogens with one attached hydrogen (secondary N) is 4. The summed E-state index contributed by atoms with van der Waals surface area (Å²) in [4.78, 5) is 89.3. The van der Waals surface area contributed by atoms with Gasteiger partial charge in [-0.05, 0) is 91.9 Å². The second kappa shape index (κ2) is 28.7. The van der Waals surface area contributed by atoms with Gasteiger partial charge in [-0.2, -0.15) is 0 Å².